The first-order valence-electron chi connectivity index (χ1n) is 13.3. The molecule has 1 aromatic heterocycles. The van der Waals surface area contributed by atoms with Crippen molar-refractivity contribution in [1.82, 2.24) is 9.55 Å². The Kier molecular flexibility index (Phi) is 7.45. The zero-order chi connectivity index (χ0) is 25.8. The van der Waals surface area contributed by atoms with Gasteiger partial charge in [-0.1, -0.05) is 50.2 Å². The number of hydrogen-bond acceptors (Lipinski definition) is 4. The van der Waals surface area contributed by atoms with E-state index in [-0.39, 0.29) is 11.8 Å². The van der Waals surface area contributed by atoms with E-state index < -0.39 is 0 Å². The average molecular weight is 498 g/mol. The summed E-state index contributed by atoms with van der Waals surface area (Å²) < 4.78 is 14.1. The van der Waals surface area contributed by atoms with Gasteiger partial charge in [0.1, 0.15) is 23.9 Å². The molecule has 1 aliphatic rings. The van der Waals surface area contributed by atoms with E-state index in [9.17, 15) is 4.79 Å². The Morgan fingerprint density at radius 1 is 0.973 bits per heavy atom. The molecule has 0 aliphatic carbocycles. The van der Waals surface area contributed by atoms with E-state index in [1.54, 1.807) is 0 Å². The minimum absolute atomic E-state index is 0.00982. The lowest BCUT2D eigenvalue weighted by Gasteiger charge is -2.20. The fourth-order valence-corrected chi connectivity index (χ4v) is 5.09. The van der Waals surface area contributed by atoms with E-state index in [2.05, 4.69) is 48.7 Å². The number of anilines is 1. The molecule has 1 aliphatic heterocycles. The number of ether oxygens (including phenoxy) is 2. The highest BCUT2D eigenvalue weighted by molar-refractivity contribution is 5.97. The van der Waals surface area contributed by atoms with E-state index in [4.69, 9.17) is 14.5 Å². The molecule has 1 fully saturated rings. The van der Waals surface area contributed by atoms with Crippen LogP contribution in [-0.2, 0) is 11.3 Å². The van der Waals surface area contributed by atoms with Gasteiger partial charge in [-0.2, -0.15) is 0 Å². The summed E-state index contributed by atoms with van der Waals surface area (Å²) >= 11 is 0. The minimum atomic E-state index is -0.00982. The number of fused-ring (bicyclic) bond motifs is 1. The molecule has 192 valence electrons. The summed E-state index contributed by atoms with van der Waals surface area (Å²) in [6.45, 7) is 8.71. The van der Waals surface area contributed by atoms with Crippen molar-refractivity contribution >= 4 is 22.6 Å². The van der Waals surface area contributed by atoms with Crippen LogP contribution in [-0.4, -0.2) is 35.2 Å². The van der Waals surface area contributed by atoms with Gasteiger partial charge in [-0.25, -0.2) is 4.98 Å². The van der Waals surface area contributed by atoms with Gasteiger partial charge in [0.15, 0.2) is 0 Å². The molecule has 0 unspecified atom stereocenters. The Morgan fingerprint density at radius 2 is 1.73 bits per heavy atom. The van der Waals surface area contributed by atoms with Crippen LogP contribution in [0.2, 0.25) is 0 Å². The zero-order valence-electron chi connectivity index (χ0n) is 21.9. The Labute approximate surface area is 218 Å². The van der Waals surface area contributed by atoms with Crippen LogP contribution < -0.4 is 14.4 Å². The second kappa shape index (κ2) is 11.1. The molecule has 0 saturated carbocycles. The molecule has 0 N–H and O–H groups in total. The first-order valence-corrected chi connectivity index (χ1v) is 13.3. The van der Waals surface area contributed by atoms with Crippen molar-refractivity contribution < 1.29 is 14.3 Å². The number of para-hydroxylation sites is 4. The maximum absolute atomic E-state index is 13.1. The highest BCUT2D eigenvalue weighted by atomic mass is 16.5. The van der Waals surface area contributed by atoms with Gasteiger partial charge in [0.25, 0.3) is 0 Å². The summed E-state index contributed by atoms with van der Waals surface area (Å²) in [4.78, 5) is 20.0. The van der Waals surface area contributed by atoms with Gasteiger partial charge in [-0.15, -0.1) is 0 Å². The third kappa shape index (κ3) is 5.19. The van der Waals surface area contributed by atoms with Crippen molar-refractivity contribution in [2.45, 2.75) is 52.0 Å². The van der Waals surface area contributed by atoms with Crippen molar-refractivity contribution in [3.63, 3.8) is 0 Å². The molecule has 0 radical (unpaired) electrons. The van der Waals surface area contributed by atoms with E-state index in [0.717, 1.165) is 40.5 Å². The molecule has 6 heteroatoms. The second-order valence-electron chi connectivity index (χ2n) is 9.64. The average Bonchev–Trinajstić information content (AvgIpc) is 3.49. The standard InChI is InChI=1S/C31H35N3O3/c1-4-22(3)23-14-16-25(17-15-23)37-19-18-33-27-11-7-6-10-26(27)32-31(33)24-20-30(35)34(21-24)28-12-8-9-13-29(28)36-5-2/h6-17,22,24H,4-5,18-21H2,1-3H3/t22-,24+/m0/s1. The number of benzene rings is 3. The Morgan fingerprint density at radius 3 is 2.51 bits per heavy atom. The number of rotatable bonds is 10. The quantitative estimate of drug-likeness (QED) is 0.249. The van der Waals surface area contributed by atoms with Gasteiger partial charge in [-0.3, -0.25) is 4.79 Å². The van der Waals surface area contributed by atoms with Crippen LogP contribution in [0, 0.1) is 0 Å². The molecule has 0 bridgehead atoms. The summed E-state index contributed by atoms with van der Waals surface area (Å²) in [5.74, 6) is 3.16. The van der Waals surface area contributed by atoms with Gasteiger partial charge < -0.3 is 18.9 Å². The molecule has 3 aromatic carbocycles. The van der Waals surface area contributed by atoms with E-state index in [0.29, 0.717) is 38.6 Å². The molecule has 1 saturated heterocycles. The first kappa shape index (κ1) is 24.9. The number of hydrogen-bond donors (Lipinski definition) is 0. The SMILES string of the molecule is CCOc1ccccc1N1C[C@H](c2nc3ccccc3n2CCOc2ccc([C@@H](C)CC)cc2)CC1=O. The highest BCUT2D eigenvalue weighted by Gasteiger charge is 2.36. The largest absolute Gasteiger partial charge is 0.492 e. The number of carbonyl (C=O) groups is 1. The molecule has 1 amide bonds. The molecular weight excluding hydrogens is 462 g/mol. The fraction of sp³-hybridized carbons (Fsp3) is 0.355. The summed E-state index contributed by atoms with van der Waals surface area (Å²) in [5.41, 5.74) is 4.16. The van der Waals surface area contributed by atoms with Gasteiger partial charge in [-0.05, 0) is 61.2 Å². The maximum Gasteiger partial charge on any atom is 0.227 e. The van der Waals surface area contributed by atoms with Gasteiger partial charge in [0.05, 0.1) is 29.9 Å². The summed E-state index contributed by atoms with van der Waals surface area (Å²) in [5, 5.41) is 0. The fourth-order valence-electron chi connectivity index (χ4n) is 5.09. The molecule has 2 atom stereocenters. The van der Waals surface area contributed by atoms with Crippen LogP contribution >= 0.6 is 0 Å². The Balaban J connectivity index is 1.35. The smallest absolute Gasteiger partial charge is 0.227 e. The highest BCUT2D eigenvalue weighted by Crippen LogP contribution is 2.37. The normalized spacial score (nSPS) is 16.4. The van der Waals surface area contributed by atoms with Crippen LogP contribution in [0.5, 0.6) is 11.5 Å². The predicted octanol–water partition coefficient (Wildman–Crippen LogP) is 6.55. The van der Waals surface area contributed by atoms with Crippen LogP contribution in [0.1, 0.15) is 56.8 Å². The van der Waals surface area contributed by atoms with Crippen LogP contribution in [0.25, 0.3) is 11.0 Å². The van der Waals surface area contributed by atoms with E-state index in [1.807, 2.05) is 54.3 Å². The monoisotopic (exact) mass is 497 g/mol. The number of nitrogens with zero attached hydrogens (tertiary/aromatic N) is 3. The lowest BCUT2D eigenvalue weighted by molar-refractivity contribution is -0.117. The van der Waals surface area contributed by atoms with Gasteiger partial charge in [0, 0.05) is 18.9 Å². The number of imidazole rings is 1. The lowest BCUT2D eigenvalue weighted by atomic mass is 9.99. The van der Waals surface area contributed by atoms with Crippen molar-refractivity contribution in [2.24, 2.45) is 0 Å². The first-order chi connectivity index (χ1) is 18.1. The number of carbonyl (C=O) groups excluding carboxylic acids is 1. The van der Waals surface area contributed by atoms with Crippen molar-refractivity contribution in [1.29, 1.82) is 0 Å². The van der Waals surface area contributed by atoms with E-state index >= 15 is 0 Å². The molecule has 6 nitrogen and oxygen atoms in total. The summed E-state index contributed by atoms with van der Waals surface area (Å²) in [6, 6.07) is 24.3. The third-order valence-corrected chi connectivity index (χ3v) is 7.28. The molecule has 0 spiro atoms. The van der Waals surface area contributed by atoms with E-state index in [1.165, 1.54) is 5.56 Å². The summed E-state index contributed by atoms with van der Waals surface area (Å²) in [7, 11) is 0. The third-order valence-electron chi connectivity index (χ3n) is 7.28. The minimum Gasteiger partial charge on any atom is -0.492 e. The number of amides is 1. The van der Waals surface area contributed by atoms with Crippen molar-refractivity contribution in [3.8, 4) is 11.5 Å². The second-order valence-corrected chi connectivity index (χ2v) is 9.64. The molecule has 37 heavy (non-hydrogen) atoms. The molecule has 5 rings (SSSR count). The van der Waals surface area contributed by atoms with Gasteiger partial charge >= 0.3 is 0 Å². The molecule has 2 heterocycles. The summed E-state index contributed by atoms with van der Waals surface area (Å²) in [6.07, 6.45) is 1.54. The van der Waals surface area contributed by atoms with Crippen LogP contribution in [0.4, 0.5) is 5.69 Å². The number of aromatic nitrogens is 2. The van der Waals surface area contributed by atoms with Crippen molar-refractivity contribution in [2.75, 3.05) is 24.7 Å². The van der Waals surface area contributed by atoms with Gasteiger partial charge in [0.2, 0.25) is 5.91 Å². The van der Waals surface area contributed by atoms with Crippen molar-refractivity contribution in [3.05, 3.63) is 84.2 Å². The lowest BCUT2D eigenvalue weighted by Crippen LogP contribution is -2.25. The van der Waals surface area contributed by atoms with Crippen LogP contribution in [0.15, 0.2) is 72.8 Å². The topological polar surface area (TPSA) is 56.6 Å². The zero-order valence-corrected chi connectivity index (χ0v) is 21.9. The predicted molar refractivity (Wildman–Crippen MR) is 148 cm³/mol. The molecule has 4 aromatic rings. The maximum atomic E-state index is 13.1. The Bertz CT molecular complexity index is 1360. The van der Waals surface area contributed by atoms with Crippen LogP contribution in [0.3, 0.4) is 0 Å². The Hall–Kier alpha value is -3.80. The molecular formula is C31H35N3O3.